The molecule has 0 aliphatic heterocycles. The predicted octanol–water partition coefficient (Wildman–Crippen LogP) is 9.94. The largest absolute Gasteiger partial charge is 0.0613 e. The second-order valence-electron chi connectivity index (χ2n) is 12.1. The number of benzene rings is 2. The number of allylic oxidation sites excluding steroid dienone is 2. The number of rotatable bonds is 8. The molecule has 2 aromatic rings. The molecule has 0 radical (unpaired) electrons. The van der Waals surface area contributed by atoms with E-state index >= 15 is 0 Å². The van der Waals surface area contributed by atoms with Crippen molar-refractivity contribution in [3.05, 3.63) is 79.9 Å². The van der Waals surface area contributed by atoms with Crippen LogP contribution < -0.4 is 0 Å². The highest BCUT2D eigenvalue weighted by Gasteiger charge is 2.49. The third-order valence-corrected chi connectivity index (χ3v) is 9.15. The molecule has 0 fully saturated rings. The molecule has 0 bridgehead atoms. The smallest absolute Gasteiger partial charge is 0.0123 e. The summed E-state index contributed by atoms with van der Waals surface area (Å²) in [4.78, 5) is 0. The summed E-state index contributed by atoms with van der Waals surface area (Å²) < 4.78 is 0. The fraction of sp³-hybridized carbons (Fsp3) is 0.543. The van der Waals surface area contributed by atoms with Crippen LogP contribution in [0.3, 0.4) is 0 Å². The molecule has 0 saturated heterocycles. The maximum Gasteiger partial charge on any atom is 0.0123 e. The van der Waals surface area contributed by atoms with Gasteiger partial charge in [0.25, 0.3) is 0 Å². The summed E-state index contributed by atoms with van der Waals surface area (Å²) in [5.41, 5.74) is 15.9. The van der Waals surface area contributed by atoms with Gasteiger partial charge < -0.3 is 0 Å². The molecule has 35 heavy (non-hydrogen) atoms. The first kappa shape index (κ1) is 26.0. The second kappa shape index (κ2) is 9.76. The van der Waals surface area contributed by atoms with E-state index in [4.69, 9.17) is 0 Å². The van der Waals surface area contributed by atoms with E-state index in [0.717, 1.165) is 25.7 Å². The molecule has 0 saturated carbocycles. The lowest BCUT2D eigenvalue weighted by Gasteiger charge is -2.44. The normalized spacial score (nSPS) is 19.3. The summed E-state index contributed by atoms with van der Waals surface area (Å²) in [6.45, 7) is 24.1. The molecule has 0 heteroatoms. The van der Waals surface area contributed by atoms with Gasteiger partial charge in [0, 0.05) is 11.8 Å². The van der Waals surface area contributed by atoms with Crippen LogP contribution in [0.1, 0.15) is 126 Å². The van der Waals surface area contributed by atoms with E-state index in [2.05, 4.69) is 106 Å². The van der Waals surface area contributed by atoms with Crippen molar-refractivity contribution in [3.8, 4) is 0 Å². The highest BCUT2D eigenvalue weighted by Crippen LogP contribution is 2.62. The van der Waals surface area contributed by atoms with Crippen molar-refractivity contribution in [2.45, 2.75) is 107 Å². The van der Waals surface area contributed by atoms with Crippen molar-refractivity contribution in [1.29, 1.82) is 0 Å². The lowest BCUT2D eigenvalue weighted by molar-refractivity contribution is 0.256. The van der Waals surface area contributed by atoms with Gasteiger partial charge in [-0.3, -0.25) is 0 Å². The zero-order chi connectivity index (χ0) is 25.7. The van der Waals surface area contributed by atoms with Gasteiger partial charge in [-0.15, -0.1) is 0 Å². The Balaban J connectivity index is 2.01. The molecule has 0 amide bonds. The monoisotopic (exact) mass is 468 g/mol. The Hall–Kier alpha value is -2.08. The van der Waals surface area contributed by atoms with Gasteiger partial charge in [-0.2, -0.15) is 0 Å². The minimum Gasteiger partial charge on any atom is -0.0613 e. The summed E-state index contributed by atoms with van der Waals surface area (Å²) >= 11 is 0. The van der Waals surface area contributed by atoms with Crippen LogP contribution in [-0.4, -0.2) is 0 Å². The van der Waals surface area contributed by atoms with Crippen LogP contribution in [0.4, 0.5) is 0 Å². The minimum absolute atomic E-state index is 0.0786. The molecule has 2 aliphatic rings. The van der Waals surface area contributed by atoms with Crippen LogP contribution in [0, 0.1) is 17.3 Å². The number of aryl methyl sites for hydroxylation is 4. The van der Waals surface area contributed by atoms with Gasteiger partial charge in [-0.05, 0) is 87.4 Å². The topological polar surface area (TPSA) is 0 Å². The van der Waals surface area contributed by atoms with Gasteiger partial charge in [-0.25, -0.2) is 0 Å². The zero-order valence-corrected chi connectivity index (χ0v) is 24.1. The van der Waals surface area contributed by atoms with Crippen LogP contribution in [0.25, 0.3) is 12.2 Å². The lowest BCUT2D eigenvalue weighted by Crippen LogP contribution is -2.33. The van der Waals surface area contributed by atoms with Gasteiger partial charge in [0.15, 0.2) is 0 Å². The fourth-order valence-corrected chi connectivity index (χ4v) is 7.31. The highest BCUT2D eigenvalue weighted by molar-refractivity contribution is 5.75. The van der Waals surface area contributed by atoms with E-state index in [-0.39, 0.29) is 5.41 Å². The Bertz CT molecular complexity index is 1070. The van der Waals surface area contributed by atoms with Crippen LogP contribution >= 0.6 is 0 Å². The van der Waals surface area contributed by atoms with E-state index in [0.29, 0.717) is 23.7 Å². The van der Waals surface area contributed by atoms with Crippen molar-refractivity contribution < 1.29 is 0 Å². The number of hydrogen-bond acceptors (Lipinski definition) is 0. The van der Waals surface area contributed by atoms with Gasteiger partial charge in [0.05, 0.1) is 0 Å². The maximum atomic E-state index is 2.60. The van der Waals surface area contributed by atoms with Crippen LogP contribution in [0.5, 0.6) is 0 Å². The quantitative estimate of drug-likeness (QED) is 0.361. The summed E-state index contributed by atoms with van der Waals surface area (Å²) in [5.74, 6) is 1.99. The second-order valence-corrected chi connectivity index (χ2v) is 12.1. The van der Waals surface area contributed by atoms with Gasteiger partial charge in [0.2, 0.25) is 0 Å². The van der Waals surface area contributed by atoms with Crippen molar-refractivity contribution in [1.82, 2.24) is 0 Å². The Morgan fingerprint density at radius 3 is 1.17 bits per heavy atom. The van der Waals surface area contributed by atoms with Gasteiger partial charge >= 0.3 is 0 Å². The molecule has 0 nitrogen and oxygen atoms in total. The molecule has 4 rings (SSSR count). The van der Waals surface area contributed by atoms with Gasteiger partial charge in [-0.1, -0.05) is 117 Å². The average molecular weight is 469 g/mol. The van der Waals surface area contributed by atoms with Crippen molar-refractivity contribution >= 4 is 12.2 Å². The fourth-order valence-electron chi connectivity index (χ4n) is 7.31. The van der Waals surface area contributed by atoms with Crippen LogP contribution in [0.15, 0.2) is 35.4 Å². The molecule has 0 heterocycles. The SMILES string of the molecule is CCc1ccc(CC)c2c1C=C(C(C)C)C2C(C)(C)C1C(C(C)C)=Cc2c(CC)ccc(CC)c21. The number of hydrogen-bond donors (Lipinski definition) is 0. The van der Waals surface area contributed by atoms with E-state index < -0.39 is 0 Å². The Labute approximate surface area is 215 Å². The Morgan fingerprint density at radius 1 is 0.571 bits per heavy atom. The predicted molar refractivity (Wildman–Crippen MR) is 155 cm³/mol. The molecule has 188 valence electrons. The van der Waals surface area contributed by atoms with Crippen molar-refractivity contribution in [3.63, 3.8) is 0 Å². The third kappa shape index (κ3) is 4.06. The lowest BCUT2D eigenvalue weighted by atomic mass is 9.59. The molecular weight excluding hydrogens is 420 g/mol. The molecule has 0 N–H and O–H groups in total. The van der Waals surface area contributed by atoms with E-state index in [1.54, 1.807) is 44.5 Å². The standard InChI is InChI=1S/C35H48/c1-11-23-15-17-25(13-3)31-29(23)19-27(21(5)6)33(31)35(9,10)34-28(22(7)8)20-30-24(12-2)16-18-26(14-4)32(30)34/h15-22,33-34H,11-14H2,1-10H3. The zero-order valence-electron chi connectivity index (χ0n) is 24.1. The first-order chi connectivity index (χ1) is 16.6. The van der Waals surface area contributed by atoms with E-state index in [1.165, 1.54) is 11.1 Å². The minimum atomic E-state index is 0.0786. The Kier molecular flexibility index (Phi) is 7.25. The molecule has 2 atom stereocenters. The summed E-state index contributed by atoms with van der Waals surface area (Å²) in [6, 6.07) is 9.67. The third-order valence-electron chi connectivity index (χ3n) is 9.15. The van der Waals surface area contributed by atoms with E-state index in [1.807, 2.05) is 0 Å². The first-order valence-corrected chi connectivity index (χ1v) is 14.3. The average Bonchev–Trinajstić information content (AvgIpc) is 3.44. The van der Waals surface area contributed by atoms with Crippen molar-refractivity contribution in [2.24, 2.45) is 17.3 Å². The summed E-state index contributed by atoms with van der Waals surface area (Å²) in [6.07, 6.45) is 9.61. The molecule has 2 unspecified atom stereocenters. The first-order valence-electron chi connectivity index (χ1n) is 14.3. The van der Waals surface area contributed by atoms with Gasteiger partial charge in [0.1, 0.15) is 0 Å². The molecule has 0 aromatic heterocycles. The highest BCUT2D eigenvalue weighted by atomic mass is 14.5. The molecule has 0 spiro atoms. The number of fused-ring (bicyclic) bond motifs is 2. The molecule has 2 aliphatic carbocycles. The maximum absolute atomic E-state index is 2.60. The van der Waals surface area contributed by atoms with E-state index in [9.17, 15) is 0 Å². The molecule has 2 aromatic carbocycles. The van der Waals surface area contributed by atoms with Crippen LogP contribution in [-0.2, 0) is 25.7 Å². The summed E-state index contributed by atoms with van der Waals surface area (Å²) in [5, 5.41) is 0. The van der Waals surface area contributed by atoms with Crippen molar-refractivity contribution in [2.75, 3.05) is 0 Å². The molecular formula is C35H48. The van der Waals surface area contributed by atoms with Crippen LogP contribution in [0.2, 0.25) is 0 Å². The summed E-state index contributed by atoms with van der Waals surface area (Å²) in [7, 11) is 0. The Morgan fingerprint density at radius 2 is 0.886 bits per heavy atom.